The van der Waals surface area contributed by atoms with Crippen LogP contribution in [0.2, 0.25) is 0 Å². The maximum atomic E-state index is 5.91. The molecule has 0 fully saturated rings. The van der Waals surface area contributed by atoms with Crippen LogP contribution in [0.4, 0.5) is 5.82 Å². The number of fused-ring (bicyclic) bond motifs is 1. The molecule has 2 rings (SSSR count). The Morgan fingerprint density at radius 3 is 2.47 bits per heavy atom. The Hall–Kier alpha value is -1.57. The molecule has 2 heteroatoms. The van der Waals surface area contributed by atoms with Crippen LogP contribution in [0.1, 0.15) is 38.8 Å². The molecule has 1 heterocycles. The molecule has 0 atom stereocenters. The van der Waals surface area contributed by atoms with Crippen LogP contribution in [0, 0.1) is 0 Å². The molecule has 0 amide bonds. The lowest BCUT2D eigenvalue weighted by Crippen LogP contribution is -2.10. The Kier molecular flexibility index (Phi) is 2.82. The molecule has 0 aliphatic heterocycles. The van der Waals surface area contributed by atoms with Crippen LogP contribution in [-0.4, -0.2) is 4.98 Å². The van der Waals surface area contributed by atoms with E-state index in [2.05, 4.69) is 56.9 Å². The van der Waals surface area contributed by atoms with Crippen LogP contribution in [0.25, 0.3) is 10.9 Å². The van der Waals surface area contributed by atoms with Gasteiger partial charge in [0.15, 0.2) is 0 Å². The molecule has 0 spiro atoms. The van der Waals surface area contributed by atoms with Gasteiger partial charge in [-0.25, -0.2) is 4.98 Å². The molecule has 0 unspecified atom stereocenters. The molecule has 0 saturated heterocycles. The number of aromatic nitrogens is 1. The number of hydrogen-bond donors (Lipinski definition) is 1. The lowest BCUT2D eigenvalue weighted by atomic mass is 9.86. The highest BCUT2D eigenvalue weighted by Gasteiger charge is 2.14. The minimum absolute atomic E-state index is 0.169. The summed E-state index contributed by atoms with van der Waals surface area (Å²) in [5.41, 5.74) is 9.52. The van der Waals surface area contributed by atoms with Gasteiger partial charge in [-0.2, -0.15) is 0 Å². The summed E-state index contributed by atoms with van der Waals surface area (Å²) in [6.45, 7) is 8.77. The summed E-state index contributed by atoms with van der Waals surface area (Å²) < 4.78 is 0. The summed E-state index contributed by atoms with van der Waals surface area (Å²) in [5, 5.41) is 1.18. The van der Waals surface area contributed by atoms with Gasteiger partial charge < -0.3 is 5.73 Å². The number of pyridine rings is 1. The third kappa shape index (κ3) is 2.26. The number of benzene rings is 1. The summed E-state index contributed by atoms with van der Waals surface area (Å²) >= 11 is 0. The molecule has 0 radical (unpaired) electrons. The number of nitrogen functional groups attached to an aromatic ring is 1. The third-order valence-corrected chi connectivity index (χ3v) is 3.17. The maximum absolute atomic E-state index is 5.91. The van der Waals surface area contributed by atoms with Gasteiger partial charge in [-0.05, 0) is 41.2 Å². The van der Waals surface area contributed by atoms with Crippen LogP contribution in [0.3, 0.4) is 0 Å². The van der Waals surface area contributed by atoms with Gasteiger partial charge in [-0.1, -0.05) is 33.8 Å². The van der Waals surface area contributed by atoms with Crippen molar-refractivity contribution >= 4 is 16.7 Å². The van der Waals surface area contributed by atoms with E-state index in [0.717, 1.165) is 17.5 Å². The monoisotopic (exact) mass is 228 g/mol. The number of anilines is 1. The zero-order valence-corrected chi connectivity index (χ0v) is 11.0. The summed E-state index contributed by atoms with van der Waals surface area (Å²) in [5.74, 6) is 0.656. The van der Waals surface area contributed by atoms with Crippen molar-refractivity contribution in [3.63, 3.8) is 0 Å². The van der Waals surface area contributed by atoms with Gasteiger partial charge in [0.1, 0.15) is 5.82 Å². The molecule has 17 heavy (non-hydrogen) atoms. The number of aryl methyl sites for hydroxylation is 1. The fourth-order valence-electron chi connectivity index (χ4n) is 1.98. The standard InChI is InChI=1S/C15H20N2/c1-5-10-8-11-9-12(15(2,3)4)6-7-13(11)17-14(10)16/h6-9H,5H2,1-4H3,(H2,16,17). The molecular formula is C15H20N2. The smallest absolute Gasteiger partial charge is 0.127 e. The highest BCUT2D eigenvalue weighted by molar-refractivity contribution is 5.82. The van der Waals surface area contributed by atoms with E-state index in [-0.39, 0.29) is 5.41 Å². The summed E-state index contributed by atoms with van der Waals surface area (Å²) in [6.07, 6.45) is 0.925. The first-order valence-corrected chi connectivity index (χ1v) is 6.11. The Morgan fingerprint density at radius 1 is 1.18 bits per heavy atom. The second-order valence-electron chi connectivity index (χ2n) is 5.54. The van der Waals surface area contributed by atoms with Crippen LogP contribution in [0.5, 0.6) is 0 Å². The molecule has 0 bridgehead atoms. The number of hydrogen-bond acceptors (Lipinski definition) is 2. The molecule has 2 nitrogen and oxygen atoms in total. The summed E-state index contributed by atoms with van der Waals surface area (Å²) in [6, 6.07) is 8.58. The van der Waals surface area contributed by atoms with Gasteiger partial charge in [0.2, 0.25) is 0 Å². The fraction of sp³-hybridized carbons (Fsp3) is 0.400. The number of nitrogens with zero attached hydrogens (tertiary/aromatic N) is 1. The molecule has 1 aromatic heterocycles. The lowest BCUT2D eigenvalue weighted by Gasteiger charge is -2.19. The topological polar surface area (TPSA) is 38.9 Å². The maximum Gasteiger partial charge on any atom is 0.127 e. The summed E-state index contributed by atoms with van der Waals surface area (Å²) in [4.78, 5) is 4.45. The van der Waals surface area contributed by atoms with E-state index in [0.29, 0.717) is 5.82 Å². The SMILES string of the molecule is CCc1cc2cc(C(C)(C)C)ccc2nc1N. The lowest BCUT2D eigenvalue weighted by molar-refractivity contribution is 0.591. The molecule has 90 valence electrons. The average molecular weight is 228 g/mol. The highest BCUT2D eigenvalue weighted by atomic mass is 14.8. The van der Waals surface area contributed by atoms with Crippen LogP contribution in [0.15, 0.2) is 24.3 Å². The van der Waals surface area contributed by atoms with Crippen molar-refractivity contribution < 1.29 is 0 Å². The first-order chi connectivity index (χ1) is 7.91. The highest BCUT2D eigenvalue weighted by Crippen LogP contribution is 2.27. The summed E-state index contributed by atoms with van der Waals surface area (Å²) in [7, 11) is 0. The van der Waals surface area contributed by atoms with Gasteiger partial charge in [-0.15, -0.1) is 0 Å². The molecular weight excluding hydrogens is 208 g/mol. The molecule has 0 aliphatic rings. The fourth-order valence-corrected chi connectivity index (χ4v) is 1.98. The van der Waals surface area contributed by atoms with Crippen molar-refractivity contribution in [3.05, 3.63) is 35.4 Å². The molecule has 0 aliphatic carbocycles. The molecule has 1 aromatic carbocycles. The van der Waals surface area contributed by atoms with Crippen molar-refractivity contribution in [2.45, 2.75) is 39.5 Å². The quantitative estimate of drug-likeness (QED) is 0.808. The Balaban J connectivity index is 2.65. The minimum Gasteiger partial charge on any atom is -0.383 e. The largest absolute Gasteiger partial charge is 0.383 e. The minimum atomic E-state index is 0.169. The van der Waals surface area contributed by atoms with Crippen molar-refractivity contribution in [1.82, 2.24) is 4.98 Å². The average Bonchev–Trinajstić information content (AvgIpc) is 2.26. The Labute approximate surface area is 103 Å². The first-order valence-electron chi connectivity index (χ1n) is 6.11. The molecule has 2 aromatic rings. The van der Waals surface area contributed by atoms with E-state index in [1.54, 1.807) is 0 Å². The van der Waals surface area contributed by atoms with Crippen LogP contribution < -0.4 is 5.73 Å². The van der Waals surface area contributed by atoms with E-state index >= 15 is 0 Å². The van der Waals surface area contributed by atoms with Crippen molar-refractivity contribution in [2.24, 2.45) is 0 Å². The number of rotatable bonds is 1. The second-order valence-corrected chi connectivity index (χ2v) is 5.54. The van der Waals surface area contributed by atoms with Crippen LogP contribution >= 0.6 is 0 Å². The Morgan fingerprint density at radius 2 is 1.88 bits per heavy atom. The number of nitrogens with two attached hydrogens (primary N) is 1. The second kappa shape index (κ2) is 4.02. The van der Waals surface area contributed by atoms with Gasteiger partial charge in [0.05, 0.1) is 5.52 Å². The predicted molar refractivity (Wildman–Crippen MR) is 74.2 cm³/mol. The van der Waals surface area contributed by atoms with Gasteiger partial charge in [0, 0.05) is 5.39 Å². The Bertz CT molecular complexity index is 551. The van der Waals surface area contributed by atoms with E-state index < -0.39 is 0 Å². The van der Waals surface area contributed by atoms with Crippen molar-refractivity contribution in [2.75, 3.05) is 5.73 Å². The predicted octanol–water partition coefficient (Wildman–Crippen LogP) is 3.68. The molecule has 0 saturated carbocycles. The van der Waals surface area contributed by atoms with E-state index in [1.165, 1.54) is 10.9 Å². The van der Waals surface area contributed by atoms with Gasteiger partial charge in [-0.3, -0.25) is 0 Å². The van der Waals surface area contributed by atoms with E-state index in [4.69, 9.17) is 5.73 Å². The zero-order chi connectivity index (χ0) is 12.6. The van der Waals surface area contributed by atoms with Crippen molar-refractivity contribution in [3.8, 4) is 0 Å². The van der Waals surface area contributed by atoms with Crippen molar-refractivity contribution in [1.29, 1.82) is 0 Å². The van der Waals surface area contributed by atoms with E-state index in [1.807, 2.05) is 0 Å². The normalized spacial score (nSPS) is 12.0. The van der Waals surface area contributed by atoms with Gasteiger partial charge in [0.25, 0.3) is 0 Å². The first kappa shape index (κ1) is 11.9. The zero-order valence-electron chi connectivity index (χ0n) is 11.0. The van der Waals surface area contributed by atoms with E-state index in [9.17, 15) is 0 Å². The third-order valence-electron chi connectivity index (χ3n) is 3.17. The molecule has 2 N–H and O–H groups in total. The van der Waals surface area contributed by atoms with Crippen LogP contribution in [-0.2, 0) is 11.8 Å². The van der Waals surface area contributed by atoms with Gasteiger partial charge >= 0.3 is 0 Å².